The predicted molar refractivity (Wildman–Crippen MR) is 99.5 cm³/mol. The molecule has 0 bridgehead atoms. The molecule has 0 radical (unpaired) electrons. The van der Waals surface area contributed by atoms with Crippen LogP contribution in [-0.4, -0.2) is 55.0 Å². The molecule has 1 N–H and O–H groups in total. The van der Waals surface area contributed by atoms with E-state index in [0.717, 1.165) is 32.1 Å². The summed E-state index contributed by atoms with van der Waals surface area (Å²) < 4.78 is 13.3. The van der Waals surface area contributed by atoms with Crippen LogP contribution < -0.4 is 5.32 Å². The SMILES string of the molecule is O=C(CN1CCN(CCC2CCCC2)CC1)Nc1cc(F)cc(Cl)c1. The zero-order chi connectivity index (χ0) is 17.6. The zero-order valence-electron chi connectivity index (χ0n) is 14.6. The fourth-order valence-electron chi connectivity index (χ4n) is 3.86. The van der Waals surface area contributed by atoms with Gasteiger partial charge in [0.1, 0.15) is 5.82 Å². The average molecular weight is 368 g/mol. The van der Waals surface area contributed by atoms with Gasteiger partial charge in [-0.25, -0.2) is 4.39 Å². The van der Waals surface area contributed by atoms with Crippen LogP contribution in [0, 0.1) is 11.7 Å². The lowest BCUT2D eigenvalue weighted by molar-refractivity contribution is -0.117. The molecule has 138 valence electrons. The molecule has 25 heavy (non-hydrogen) atoms. The number of amides is 1. The van der Waals surface area contributed by atoms with Crippen molar-refractivity contribution in [1.82, 2.24) is 9.80 Å². The third kappa shape index (κ3) is 5.94. The van der Waals surface area contributed by atoms with Crippen LogP contribution in [-0.2, 0) is 4.79 Å². The maximum Gasteiger partial charge on any atom is 0.238 e. The highest BCUT2D eigenvalue weighted by atomic mass is 35.5. The predicted octanol–water partition coefficient (Wildman–Crippen LogP) is 3.62. The van der Waals surface area contributed by atoms with Crippen molar-refractivity contribution < 1.29 is 9.18 Å². The van der Waals surface area contributed by atoms with E-state index < -0.39 is 5.82 Å². The van der Waals surface area contributed by atoms with Crippen molar-refractivity contribution in [2.45, 2.75) is 32.1 Å². The van der Waals surface area contributed by atoms with Crippen molar-refractivity contribution in [2.24, 2.45) is 5.92 Å². The second-order valence-electron chi connectivity index (χ2n) is 7.26. The van der Waals surface area contributed by atoms with E-state index >= 15 is 0 Å². The van der Waals surface area contributed by atoms with E-state index in [1.807, 2.05) is 0 Å². The summed E-state index contributed by atoms with van der Waals surface area (Å²) in [6.45, 7) is 5.37. The van der Waals surface area contributed by atoms with Gasteiger partial charge in [0.15, 0.2) is 0 Å². The second-order valence-corrected chi connectivity index (χ2v) is 7.70. The minimum atomic E-state index is -0.446. The zero-order valence-corrected chi connectivity index (χ0v) is 15.4. The molecule has 1 aliphatic heterocycles. The van der Waals surface area contributed by atoms with Gasteiger partial charge in [-0.15, -0.1) is 0 Å². The van der Waals surface area contributed by atoms with Gasteiger partial charge in [-0.1, -0.05) is 37.3 Å². The van der Waals surface area contributed by atoms with Crippen molar-refractivity contribution >= 4 is 23.2 Å². The summed E-state index contributed by atoms with van der Waals surface area (Å²) in [5.74, 6) is 0.363. The topological polar surface area (TPSA) is 35.6 Å². The molecule has 1 heterocycles. The highest BCUT2D eigenvalue weighted by molar-refractivity contribution is 6.30. The van der Waals surface area contributed by atoms with Gasteiger partial charge in [-0.2, -0.15) is 0 Å². The van der Waals surface area contributed by atoms with Gasteiger partial charge in [0.25, 0.3) is 0 Å². The van der Waals surface area contributed by atoms with Crippen molar-refractivity contribution in [3.05, 3.63) is 29.0 Å². The van der Waals surface area contributed by atoms with Gasteiger partial charge in [0, 0.05) is 36.9 Å². The lowest BCUT2D eigenvalue weighted by atomic mass is 10.0. The van der Waals surface area contributed by atoms with Crippen LogP contribution >= 0.6 is 11.6 Å². The Morgan fingerprint density at radius 3 is 2.48 bits per heavy atom. The first kappa shape index (κ1) is 18.6. The molecule has 1 aromatic rings. The van der Waals surface area contributed by atoms with Crippen LogP contribution in [0.25, 0.3) is 0 Å². The first-order valence-electron chi connectivity index (χ1n) is 9.29. The minimum Gasteiger partial charge on any atom is -0.325 e. The maximum atomic E-state index is 13.3. The average Bonchev–Trinajstić information content (AvgIpc) is 3.06. The summed E-state index contributed by atoms with van der Waals surface area (Å²) in [6.07, 6.45) is 6.95. The number of halogens is 2. The Morgan fingerprint density at radius 2 is 1.80 bits per heavy atom. The molecule has 0 aromatic heterocycles. The lowest BCUT2D eigenvalue weighted by Gasteiger charge is -2.34. The van der Waals surface area contributed by atoms with E-state index in [0.29, 0.717) is 12.2 Å². The van der Waals surface area contributed by atoms with Crippen molar-refractivity contribution in [3.63, 3.8) is 0 Å². The van der Waals surface area contributed by atoms with E-state index in [9.17, 15) is 9.18 Å². The highest BCUT2D eigenvalue weighted by Gasteiger charge is 2.21. The van der Waals surface area contributed by atoms with Gasteiger partial charge >= 0.3 is 0 Å². The molecule has 6 heteroatoms. The molecule has 0 spiro atoms. The van der Waals surface area contributed by atoms with Crippen LogP contribution in [0.1, 0.15) is 32.1 Å². The molecule has 2 fully saturated rings. The molecular formula is C19H27ClFN3O. The van der Waals surface area contributed by atoms with Gasteiger partial charge in [-0.3, -0.25) is 9.69 Å². The Hall–Kier alpha value is -1.17. The Balaban J connectivity index is 1.37. The Morgan fingerprint density at radius 1 is 1.12 bits per heavy atom. The van der Waals surface area contributed by atoms with E-state index in [4.69, 9.17) is 11.6 Å². The largest absolute Gasteiger partial charge is 0.325 e. The summed E-state index contributed by atoms with van der Waals surface area (Å²) in [6, 6.07) is 4.07. The van der Waals surface area contributed by atoms with Crippen molar-refractivity contribution in [2.75, 3.05) is 44.6 Å². The van der Waals surface area contributed by atoms with E-state index in [1.165, 1.54) is 50.8 Å². The van der Waals surface area contributed by atoms with Crippen LogP contribution in [0.3, 0.4) is 0 Å². The van der Waals surface area contributed by atoms with Crippen LogP contribution in [0.5, 0.6) is 0 Å². The molecule has 4 nitrogen and oxygen atoms in total. The molecule has 1 saturated heterocycles. The standard InChI is InChI=1S/C19H27ClFN3O/c20-16-11-17(21)13-18(12-16)22-19(25)14-24-9-7-23(8-10-24)6-5-15-3-1-2-4-15/h11-13,15H,1-10,14H2,(H,22,25). The molecule has 1 saturated carbocycles. The first-order chi connectivity index (χ1) is 12.1. The molecule has 0 atom stereocenters. The Labute approximate surface area is 154 Å². The summed E-state index contributed by atoms with van der Waals surface area (Å²) in [4.78, 5) is 16.8. The number of piperazine rings is 1. The highest BCUT2D eigenvalue weighted by Crippen LogP contribution is 2.27. The summed E-state index contributed by atoms with van der Waals surface area (Å²) in [5, 5.41) is 3.01. The third-order valence-corrected chi connectivity index (χ3v) is 5.52. The number of benzene rings is 1. The molecule has 1 amide bonds. The maximum absolute atomic E-state index is 13.3. The summed E-state index contributed by atoms with van der Waals surface area (Å²) in [5.41, 5.74) is 0.408. The number of nitrogens with zero attached hydrogens (tertiary/aromatic N) is 2. The number of hydrogen-bond acceptors (Lipinski definition) is 3. The summed E-state index contributed by atoms with van der Waals surface area (Å²) in [7, 11) is 0. The van der Waals surface area contributed by atoms with Gasteiger partial charge < -0.3 is 10.2 Å². The Kier molecular flexibility index (Phi) is 6.68. The third-order valence-electron chi connectivity index (χ3n) is 5.31. The van der Waals surface area contributed by atoms with Crippen molar-refractivity contribution in [1.29, 1.82) is 0 Å². The fraction of sp³-hybridized carbons (Fsp3) is 0.632. The van der Waals surface area contributed by atoms with Crippen molar-refractivity contribution in [3.8, 4) is 0 Å². The molecular weight excluding hydrogens is 341 g/mol. The summed E-state index contributed by atoms with van der Waals surface area (Å²) >= 11 is 5.81. The molecule has 3 rings (SSSR count). The number of nitrogens with one attached hydrogen (secondary N) is 1. The molecule has 2 aliphatic rings. The van der Waals surface area contributed by atoms with E-state index in [-0.39, 0.29) is 10.9 Å². The monoisotopic (exact) mass is 367 g/mol. The molecule has 0 unspecified atom stereocenters. The van der Waals surface area contributed by atoms with Crippen LogP contribution in [0.4, 0.5) is 10.1 Å². The lowest BCUT2D eigenvalue weighted by Crippen LogP contribution is -2.48. The Bertz CT molecular complexity index is 564. The van der Waals surface area contributed by atoms with Gasteiger partial charge in [0.05, 0.1) is 6.54 Å². The quantitative estimate of drug-likeness (QED) is 0.834. The minimum absolute atomic E-state index is 0.124. The van der Waals surface area contributed by atoms with E-state index in [2.05, 4.69) is 15.1 Å². The number of carbonyl (C=O) groups is 1. The number of anilines is 1. The number of rotatable bonds is 6. The molecule has 1 aliphatic carbocycles. The van der Waals surface area contributed by atoms with E-state index in [1.54, 1.807) is 6.07 Å². The van der Waals surface area contributed by atoms with Crippen LogP contribution in [0.2, 0.25) is 5.02 Å². The van der Waals surface area contributed by atoms with Crippen LogP contribution in [0.15, 0.2) is 18.2 Å². The number of hydrogen-bond donors (Lipinski definition) is 1. The van der Waals surface area contributed by atoms with Gasteiger partial charge in [-0.05, 0) is 37.1 Å². The fourth-order valence-corrected chi connectivity index (χ4v) is 4.09. The molecule has 1 aromatic carbocycles. The van der Waals surface area contributed by atoms with Gasteiger partial charge in [0.2, 0.25) is 5.91 Å². The second kappa shape index (κ2) is 8.97. The smallest absolute Gasteiger partial charge is 0.238 e. The normalized spacial score (nSPS) is 20.1. The number of carbonyl (C=O) groups excluding carboxylic acids is 1. The first-order valence-corrected chi connectivity index (χ1v) is 9.67.